The molecule has 1 N–H and O–H groups in total. The van der Waals surface area contributed by atoms with Gasteiger partial charge in [0.2, 0.25) is 5.13 Å². The Hall–Kier alpha value is -3.09. The summed E-state index contributed by atoms with van der Waals surface area (Å²) in [4.78, 5) is 13.1. The Labute approximate surface area is 205 Å². The molecule has 9 nitrogen and oxygen atoms in total. The molecule has 4 rings (SSSR count). The van der Waals surface area contributed by atoms with Crippen LogP contribution >= 0.6 is 23.1 Å². The molecular weight excluding hydrogens is 496 g/mol. The Bertz CT molecular complexity index is 1310. The summed E-state index contributed by atoms with van der Waals surface area (Å²) in [5, 5.41) is 11.0. The fourth-order valence-electron chi connectivity index (χ4n) is 3.23. The molecule has 2 heterocycles. The fourth-order valence-corrected chi connectivity index (χ4v) is 6.23. The van der Waals surface area contributed by atoms with Crippen molar-refractivity contribution in [1.82, 2.24) is 10.2 Å². The van der Waals surface area contributed by atoms with Gasteiger partial charge in [-0.1, -0.05) is 35.2 Å². The van der Waals surface area contributed by atoms with Gasteiger partial charge >= 0.3 is 0 Å². The van der Waals surface area contributed by atoms with E-state index >= 15 is 0 Å². The van der Waals surface area contributed by atoms with Gasteiger partial charge in [-0.3, -0.25) is 14.4 Å². The molecule has 1 amide bonds. The number of fused-ring (bicyclic) bond motifs is 1. The number of thioether (sulfide) groups is 1. The van der Waals surface area contributed by atoms with Crippen LogP contribution in [0.15, 0.2) is 64.4 Å². The van der Waals surface area contributed by atoms with Gasteiger partial charge in [0.25, 0.3) is 15.9 Å². The molecule has 0 radical (unpaired) electrons. The number of hydrogen-bond acceptors (Lipinski definition) is 9. The molecule has 0 bridgehead atoms. The van der Waals surface area contributed by atoms with E-state index in [-0.39, 0.29) is 11.4 Å². The molecule has 3 aromatic rings. The number of nitrogens with zero attached hydrogens (tertiary/aromatic N) is 3. The van der Waals surface area contributed by atoms with Crippen LogP contribution in [-0.4, -0.2) is 50.0 Å². The van der Waals surface area contributed by atoms with E-state index in [1.165, 1.54) is 46.6 Å². The second-order valence-electron chi connectivity index (χ2n) is 7.25. The predicted molar refractivity (Wildman–Crippen MR) is 133 cm³/mol. The lowest BCUT2D eigenvalue weighted by Crippen LogP contribution is -2.48. The number of ether oxygens (including phenoxy) is 2. The SMILES string of the molecule is C=CCSc1nnc(NC(=O)C2CN(S(=O)(=O)c3ccc(OC)cc3)c3ccc(C)cc3O2)s1. The van der Waals surface area contributed by atoms with Gasteiger partial charge < -0.3 is 9.47 Å². The predicted octanol–water partition coefficient (Wildman–Crippen LogP) is 3.73. The maximum Gasteiger partial charge on any atom is 0.269 e. The third-order valence-corrected chi connectivity index (χ3v) is 8.65. The first-order chi connectivity index (χ1) is 16.3. The molecule has 12 heteroatoms. The van der Waals surface area contributed by atoms with Crippen LogP contribution < -0.4 is 19.1 Å². The molecule has 0 saturated carbocycles. The fraction of sp³-hybridized carbons (Fsp3) is 0.227. The molecule has 0 fully saturated rings. The zero-order valence-electron chi connectivity index (χ0n) is 18.4. The van der Waals surface area contributed by atoms with Crippen LogP contribution in [0.4, 0.5) is 10.8 Å². The number of carbonyl (C=O) groups is 1. The largest absolute Gasteiger partial charge is 0.497 e. The van der Waals surface area contributed by atoms with Crippen LogP contribution in [0.25, 0.3) is 0 Å². The van der Waals surface area contributed by atoms with Crippen molar-refractivity contribution in [2.45, 2.75) is 22.3 Å². The molecule has 1 aliphatic rings. The summed E-state index contributed by atoms with van der Waals surface area (Å²) in [5.74, 6) is 1.00. The molecule has 178 valence electrons. The summed E-state index contributed by atoms with van der Waals surface area (Å²) in [5.41, 5.74) is 1.24. The Morgan fingerprint density at radius 1 is 1.32 bits per heavy atom. The van der Waals surface area contributed by atoms with Crippen LogP contribution in [0.5, 0.6) is 11.5 Å². The van der Waals surface area contributed by atoms with Crippen molar-refractivity contribution in [3.8, 4) is 11.5 Å². The zero-order valence-corrected chi connectivity index (χ0v) is 20.9. The number of hydrogen-bond donors (Lipinski definition) is 1. The van der Waals surface area contributed by atoms with Gasteiger partial charge in [-0.15, -0.1) is 16.8 Å². The highest BCUT2D eigenvalue weighted by molar-refractivity contribution is 8.01. The highest BCUT2D eigenvalue weighted by Gasteiger charge is 2.38. The first-order valence-electron chi connectivity index (χ1n) is 10.1. The summed E-state index contributed by atoms with van der Waals surface area (Å²) in [6.45, 7) is 5.32. The van der Waals surface area contributed by atoms with Crippen molar-refractivity contribution in [2.75, 3.05) is 29.0 Å². The number of benzene rings is 2. The minimum absolute atomic E-state index is 0.0777. The number of aromatic nitrogens is 2. The Kier molecular flexibility index (Phi) is 7.10. The lowest BCUT2D eigenvalue weighted by molar-refractivity contribution is -0.122. The quantitative estimate of drug-likeness (QED) is 0.273. The number of anilines is 2. The molecule has 0 spiro atoms. The maximum atomic E-state index is 13.5. The van der Waals surface area contributed by atoms with Gasteiger partial charge in [0.05, 0.1) is 24.2 Å². The summed E-state index contributed by atoms with van der Waals surface area (Å²) in [6.07, 6.45) is 0.660. The minimum atomic E-state index is -3.98. The number of rotatable bonds is 8. The first kappa shape index (κ1) is 24.0. The maximum absolute atomic E-state index is 13.5. The third-order valence-electron chi connectivity index (χ3n) is 4.89. The second kappa shape index (κ2) is 10.0. The van der Waals surface area contributed by atoms with Gasteiger partial charge in [0.15, 0.2) is 10.4 Å². The highest BCUT2D eigenvalue weighted by Crippen LogP contribution is 2.38. The van der Waals surface area contributed by atoms with Gasteiger partial charge in [-0.2, -0.15) is 0 Å². The Balaban J connectivity index is 1.62. The van der Waals surface area contributed by atoms with Crippen molar-refractivity contribution < 1.29 is 22.7 Å². The smallest absolute Gasteiger partial charge is 0.269 e. The zero-order chi connectivity index (χ0) is 24.3. The standard InChI is InChI=1S/C22H22N4O5S3/c1-4-11-32-22-25-24-21(33-22)23-20(27)19-13-26(17-10-5-14(2)12-18(17)31-19)34(28,29)16-8-6-15(30-3)7-9-16/h4-10,12,19H,1,11,13H2,2-3H3,(H,23,24,27). The summed E-state index contributed by atoms with van der Waals surface area (Å²) in [7, 11) is -2.47. The number of nitrogens with one attached hydrogen (secondary N) is 1. The van der Waals surface area contributed by atoms with Crippen LogP contribution in [0.1, 0.15) is 5.56 Å². The van der Waals surface area contributed by atoms with Crippen LogP contribution in [-0.2, 0) is 14.8 Å². The number of amides is 1. The summed E-state index contributed by atoms with van der Waals surface area (Å²) in [6, 6.07) is 11.3. The monoisotopic (exact) mass is 518 g/mol. The minimum Gasteiger partial charge on any atom is -0.497 e. The molecule has 0 saturated heterocycles. The second-order valence-corrected chi connectivity index (χ2v) is 11.4. The molecule has 34 heavy (non-hydrogen) atoms. The Morgan fingerprint density at radius 3 is 2.79 bits per heavy atom. The molecule has 2 aromatic carbocycles. The number of sulfonamides is 1. The third kappa shape index (κ3) is 5.03. The number of carbonyl (C=O) groups excluding carboxylic acids is 1. The van der Waals surface area contributed by atoms with E-state index in [1.807, 2.05) is 6.92 Å². The molecule has 0 aliphatic carbocycles. The molecule has 1 unspecified atom stereocenters. The van der Waals surface area contributed by atoms with Crippen molar-refractivity contribution in [1.29, 1.82) is 0 Å². The van der Waals surface area contributed by atoms with E-state index in [9.17, 15) is 13.2 Å². The lowest BCUT2D eigenvalue weighted by Gasteiger charge is -2.34. The van der Waals surface area contributed by atoms with E-state index in [4.69, 9.17) is 9.47 Å². The van der Waals surface area contributed by atoms with Crippen molar-refractivity contribution in [3.05, 3.63) is 60.7 Å². The number of aryl methyl sites for hydroxylation is 1. The van der Waals surface area contributed by atoms with E-state index in [0.717, 1.165) is 5.56 Å². The first-order valence-corrected chi connectivity index (χ1v) is 13.4. The van der Waals surface area contributed by atoms with Crippen molar-refractivity contribution in [2.24, 2.45) is 0 Å². The molecule has 1 aromatic heterocycles. The van der Waals surface area contributed by atoms with E-state index in [0.29, 0.717) is 32.4 Å². The molecule has 1 aliphatic heterocycles. The number of methoxy groups -OCH3 is 1. The Morgan fingerprint density at radius 2 is 2.09 bits per heavy atom. The highest BCUT2D eigenvalue weighted by atomic mass is 32.2. The molecule has 1 atom stereocenters. The van der Waals surface area contributed by atoms with Crippen LogP contribution in [0.3, 0.4) is 0 Å². The van der Waals surface area contributed by atoms with Gasteiger partial charge in [-0.25, -0.2) is 8.42 Å². The van der Waals surface area contributed by atoms with Gasteiger partial charge in [0, 0.05) is 5.75 Å². The van der Waals surface area contributed by atoms with E-state index < -0.39 is 22.0 Å². The summed E-state index contributed by atoms with van der Waals surface area (Å²) >= 11 is 2.67. The molecular formula is C22H22N4O5S3. The lowest BCUT2D eigenvalue weighted by atomic mass is 10.1. The summed E-state index contributed by atoms with van der Waals surface area (Å²) < 4.78 is 40.0. The van der Waals surface area contributed by atoms with Crippen molar-refractivity contribution >= 4 is 49.8 Å². The van der Waals surface area contributed by atoms with Crippen molar-refractivity contribution in [3.63, 3.8) is 0 Å². The van der Waals surface area contributed by atoms with E-state index in [2.05, 4.69) is 22.1 Å². The van der Waals surface area contributed by atoms with Gasteiger partial charge in [-0.05, 0) is 48.9 Å². The topological polar surface area (TPSA) is 111 Å². The van der Waals surface area contributed by atoms with Crippen LogP contribution in [0, 0.1) is 6.92 Å². The average molecular weight is 519 g/mol. The van der Waals surface area contributed by atoms with Gasteiger partial charge in [0.1, 0.15) is 11.5 Å². The normalized spacial score (nSPS) is 15.2. The van der Waals surface area contributed by atoms with E-state index in [1.54, 1.807) is 36.4 Å². The van der Waals surface area contributed by atoms with Crippen LogP contribution in [0.2, 0.25) is 0 Å². The average Bonchev–Trinajstić information content (AvgIpc) is 3.28.